The standard InChI is InChI=1S/C22H23N5/c1-15-13-25-22(26-21(15)24-14-17-7-4-3-5-8-17)27-16(2)11-19-18(12-23)9-6-10-20(19)27/h3-11,13H,12,14,23H2,1-2H3,(H,24,25,26). The summed E-state index contributed by atoms with van der Waals surface area (Å²) in [6.07, 6.45) is 1.87. The lowest BCUT2D eigenvalue weighted by molar-refractivity contribution is 0.916. The Hall–Kier alpha value is -3.18. The van der Waals surface area contributed by atoms with Gasteiger partial charge in [0.25, 0.3) is 0 Å². The van der Waals surface area contributed by atoms with Crippen molar-refractivity contribution in [1.82, 2.24) is 14.5 Å². The topological polar surface area (TPSA) is 68.8 Å². The van der Waals surface area contributed by atoms with Gasteiger partial charge in [-0.05, 0) is 37.1 Å². The highest BCUT2D eigenvalue weighted by atomic mass is 15.2. The van der Waals surface area contributed by atoms with E-state index in [1.165, 1.54) is 5.56 Å². The predicted octanol–water partition coefficient (Wildman–Crippen LogP) is 4.11. The Morgan fingerprint density at radius 1 is 1.04 bits per heavy atom. The maximum atomic E-state index is 5.90. The number of anilines is 1. The molecule has 4 rings (SSSR count). The summed E-state index contributed by atoms with van der Waals surface area (Å²) in [6, 6.07) is 18.6. The van der Waals surface area contributed by atoms with Gasteiger partial charge in [-0.3, -0.25) is 4.57 Å². The maximum absolute atomic E-state index is 5.90. The van der Waals surface area contributed by atoms with Crippen LogP contribution in [0.2, 0.25) is 0 Å². The molecule has 136 valence electrons. The van der Waals surface area contributed by atoms with Crippen LogP contribution in [-0.4, -0.2) is 14.5 Å². The van der Waals surface area contributed by atoms with Crippen LogP contribution >= 0.6 is 0 Å². The second-order valence-corrected chi connectivity index (χ2v) is 6.72. The molecule has 0 saturated carbocycles. The molecule has 0 spiro atoms. The van der Waals surface area contributed by atoms with Gasteiger partial charge in [-0.2, -0.15) is 4.98 Å². The first-order valence-corrected chi connectivity index (χ1v) is 9.09. The summed E-state index contributed by atoms with van der Waals surface area (Å²) in [5, 5.41) is 4.59. The first-order chi connectivity index (χ1) is 13.2. The molecule has 0 unspecified atom stereocenters. The molecule has 0 amide bonds. The van der Waals surface area contributed by atoms with E-state index in [-0.39, 0.29) is 0 Å². The van der Waals surface area contributed by atoms with Gasteiger partial charge in [0.1, 0.15) is 5.82 Å². The summed E-state index contributed by atoms with van der Waals surface area (Å²) in [5.41, 5.74) is 11.4. The molecule has 0 aliphatic rings. The number of hydrogen-bond donors (Lipinski definition) is 2. The largest absolute Gasteiger partial charge is 0.366 e. The number of aryl methyl sites for hydroxylation is 2. The van der Waals surface area contributed by atoms with E-state index in [0.717, 1.165) is 40.1 Å². The fourth-order valence-electron chi connectivity index (χ4n) is 3.37. The number of hydrogen-bond acceptors (Lipinski definition) is 4. The third-order valence-corrected chi connectivity index (χ3v) is 4.80. The fourth-order valence-corrected chi connectivity index (χ4v) is 3.37. The number of nitrogens with two attached hydrogens (primary N) is 1. The fraction of sp³-hybridized carbons (Fsp3) is 0.182. The zero-order valence-electron chi connectivity index (χ0n) is 15.6. The van der Waals surface area contributed by atoms with Gasteiger partial charge >= 0.3 is 0 Å². The molecule has 0 fully saturated rings. The van der Waals surface area contributed by atoms with E-state index in [9.17, 15) is 0 Å². The Balaban J connectivity index is 1.73. The number of nitrogens with zero attached hydrogens (tertiary/aromatic N) is 3. The van der Waals surface area contributed by atoms with E-state index in [4.69, 9.17) is 10.7 Å². The molecule has 0 aliphatic carbocycles. The summed E-state index contributed by atoms with van der Waals surface area (Å²) >= 11 is 0. The quantitative estimate of drug-likeness (QED) is 0.564. The Bertz CT molecular complexity index is 1080. The molecule has 0 saturated heterocycles. The van der Waals surface area contributed by atoms with Crippen molar-refractivity contribution in [2.24, 2.45) is 5.73 Å². The number of aromatic nitrogens is 3. The lowest BCUT2D eigenvalue weighted by Gasteiger charge is -2.12. The summed E-state index contributed by atoms with van der Waals surface area (Å²) < 4.78 is 2.08. The van der Waals surface area contributed by atoms with Gasteiger partial charge in [0.05, 0.1) is 5.52 Å². The number of fused-ring (bicyclic) bond motifs is 1. The highest BCUT2D eigenvalue weighted by Crippen LogP contribution is 2.26. The molecule has 4 aromatic rings. The van der Waals surface area contributed by atoms with E-state index in [2.05, 4.69) is 52.1 Å². The molecular formula is C22H23N5. The molecule has 0 aliphatic heterocycles. The predicted molar refractivity (Wildman–Crippen MR) is 110 cm³/mol. The van der Waals surface area contributed by atoms with Gasteiger partial charge in [0, 0.05) is 35.9 Å². The Kier molecular flexibility index (Phi) is 4.60. The van der Waals surface area contributed by atoms with Crippen molar-refractivity contribution < 1.29 is 0 Å². The molecule has 27 heavy (non-hydrogen) atoms. The SMILES string of the molecule is Cc1cnc(-n2c(C)cc3c(CN)cccc32)nc1NCc1ccccc1. The Morgan fingerprint density at radius 2 is 1.85 bits per heavy atom. The van der Waals surface area contributed by atoms with Gasteiger partial charge < -0.3 is 11.1 Å². The van der Waals surface area contributed by atoms with Crippen LogP contribution in [0.15, 0.2) is 60.8 Å². The zero-order valence-corrected chi connectivity index (χ0v) is 15.6. The Labute approximate surface area is 158 Å². The van der Waals surface area contributed by atoms with Gasteiger partial charge in [-0.15, -0.1) is 0 Å². The lowest BCUT2D eigenvalue weighted by Crippen LogP contribution is -2.09. The first-order valence-electron chi connectivity index (χ1n) is 9.09. The van der Waals surface area contributed by atoms with Crippen LogP contribution in [0, 0.1) is 13.8 Å². The summed E-state index contributed by atoms with van der Waals surface area (Å²) in [5.74, 6) is 1.51. The molecular weight excluding hydrogens is 334 g/mol. The van der Waals surface area contributed by atoms with E-state index >= 15 is 0 Å². The minimum absolute atomic E-state index is 0.513. The van der Waals surface area contributed by atoms with Crippen molar-refractivity contribution in [2.75, 3.05) is 5.32 Å². The third kappa shape index (κ3) is 3.29. The van der Waals surface area contributed by atoms with Crippen LogP contribution in [0.25, 0.3) is 16.9 Å². The molecule has 2 heterocycles. The molecule has 2 aromatic carbocycles. The van der Waals surface area contributed by atoms with E-state index in [1.807, 2.05) is 37.4 Å². The maximum Gasteiger partial charge on any atom is 0.236 e. The normalized spacial score (nSPS) is 11.1. The second kappa shape index (κ2) is 7.21. The molecule has 5 heteroatoms. The average molecular weight is 357 g/mol. The molecule has 3 N–H and O–H groups in total. The van der Waals surface area contributed by atoms with Crippen LogP contribution in [0.4, 0.5) is 5.82 Å². The van der Waals surface area contributed by atoms with Gasteiger partial charge in [-0.25, -0.2) is 4.98 Å². The van der Waals surface area contributed by atoms with Crippen molar-refractivity contribution >= 4 is 16.7 Å². The van der Waals surface area contributed by atoms with Crippen molar-refractivity contribution in [1.29, 1.82) is 0 Å². The minimum atomic E-state index is 0.513. The number of rotatable bonds is 5. The Morgan fingerprint density at radius 3 is 2.63 bits per heavy atom. The monoisotopic (exact) mass is 357 g/mol. The van der Waals surface area contributed by atoms with Crippen molar-refractivity contribution in [3.05, 3.63) is 83.2 Å². The van der Waals surface area contributed by atoms with Crippen molar-refractivity contribution in [3.8, 4) is 5.95 Å². The average Bonchev–Trinajstić information content (AvgIpc) is 3.04. The highest BCUT2D eigenvalue weighted by Gasteiger charge is 2.13. The molecule has 2 aromatic heterocycles. The van der Waals surface area contributed by atoms with Crippen LogP contribution in [0.3, 0.4) is 0 Å². The summed E-state index contributed by atoms with van der Waals surface area (Å²) in [4.78, 5) is 9.39. The van der Waals surface area contributed by atoms with E-state index < -0.39 is 0 Å². The van der Waals surface area contributed by atoms with Gasteiger partial charge in [-0.1, -0.05) is 42.5 Å². The van der Waals surface area contributed by atoms with Crippen molar-refractivity contribution in [3.63, 3.8) is 0 Å². The second-order valence-electron chi connectivity index (χ2n) is 6.72. The third-order valence-electron chi connectivity index (χ3n) is 4.80. The zero-order chi connectivity index (χ0) is 18.8. The number of nitrogens with one attached hydrogen (secondary N) is 1. The van der Waals surface area contributed by atoms with Crippen LogP contribution < -0.4 is 11.1 Å². The van der Waals surface area contributed by atoms with Gasteiger partial charge in [0.15, 0.2) is 0 Å². The van der Waals surface area contributed by atoms with Crippen LogP contribution in [-0.2, 0) is 13.1 Å². The molecule has 0 atom stereocenters. The van der Waals surface area contributed by atoms with Crippen molar-refractivity contribution in [2.45, 2.75) is 26.9 Å². The highest BCUT2D eigenvalue weighted by molar-refractivity contribution is 5.86. The van der Waals surface area contributed by atoms with Gasteiger partial charge in [0.2, 0.25) is 5.95 Å². The van der Waals surface area contributed by atoms with E-state index in [0.29, 0.717) is 12.5 Å². The molecule has 5 nitrogen and oxygen atoms in total. The minimum Gasteiger partial charge on any atom is -0.366 e. The summed E-state index contributed by atoms with van der Waals surface area (Å²) in [7, 11) is 0. The summed E-state index contributed by atoms with van der Waals surface area (Å²) in [6.45, 7) is 5.32. The molecule has 0 radical (unpaired) electrons. The smallest absolute Gasteiger partial charge is 0.236 e. The van der Waals surface area contributed by atoms with Crippen LogP contribution in [0.5, 0.6) is 0 Å². The molecule has 0 bridgehead atoms. The number of benzene rings is 2. The van der Waals surface area contributed by atoms with E-state index in [1.54, 1.807) is 0 Å². The first kappa shape index (κ1) is 17.2. The lowest BCUT2D eigenvalue weighted by atomic mass is 10.1. The van der Waals surface area contributed by atoms with Crippen LogP contribution in [0.1, 0.15) is 22.4 Å².